The number of methoxy groups -OCH3 is 1. The minimum atomic E-state index is -4.44. The number of fused-ring (bicyclic) bond motifs is 1. The molecule has 0 spiro atoms. The number of pyridine rings is 1. The summed E-state index contributed by atoms with van der Waals surface area (Å²) in [5.74, 6) is -0.424. The molecule has 1 aromatic carbocycles. The van der Waals surface area contributed by atoms with E-state index in [0.717, 1.165) is 22.7 Å². The third kappa shape index (κ3) is 3.24. The molecule has 4 nitrogen and oxygen atoms in total. The molecule has 124 valence electrons. The summed E-state index contributed by atoms with van der Waals surface area (Å²) < 4.78 is 42.2. The third-order valence-corrected chi connectivity index (χ3v) is 3.61. The van der Waals surface area contributed by atoms with Crippen LogP contribution >= 0.6 is 0 Å². The van der Waals surface area contributed by atoms with Crippen LogP contribution in [-0.2, 0) is 17.3 Å². The molecule has 0 radical (unpaired) electrons. The Hall–Kier alpha value is -2.83. The van der Waals surface area contributed by atoms with Crippen molar-refractivity contribution in [2.45, 2.75) is 12.6 Å². The van der Waals surface area contributed by atoms with Crippen LogP contribution in [-0.4, -0.2) is 23.0 Å². The zero-order valence-corrected chi connectivity index (χ0v) is 12.6. The van der Waals surface area contributed by atoms with E-state index in [2.05, 4.69) is 14.7 Å². The van der Waals surface area contributed by atoms with Crippen molar-refractivity contribution in [3.8, 4) is 0 Å². The van der Waals surface area contributed by atoms with Crippen LogP contribution in [0.15, 0.2) is 42.6 Å². The van der Waals surface area contributed by atoms with Gasteiger partial charge in [-0.1, -0.05) is 6.07 Å². The zero-order chi connectivity index (χ0) is 17.3. The molecule has 0 aliphatic rings. The number of esters is 1. The lowest BCUT2D eigenvalue weighted by molar-refractivity contribution is -0.141. The molecule has 24 heavy (non-hydrogen) atoms. The quantitative estimate of drug-likeness (QED) is 0.738. The number of carbonyl (C=O) groups excluding carboxylic acids is 1. The number of halogens is 3. The summed E-state index contributed by atoms with van der Waals surface area (Å²) in [5, 5.41) is 0.827. The van der Waals surface area contributed by atoms with Gasteiger partial charge in [0.2, 0.25) is 0 Å². The number of nitrogens with one attached hydrogen (secondary N) is 1. The Balaban J connectivity index is 1.84. The summed E-state index contributed by atoms with van der Waals surface area (Å²) >= 11 is 0. The normalized spacial score (nSPS) is 11.7. The van der Waals surface area contributed by atoms with E-state index in [4.69, 9.17) is 0 Å². The van der Waals surface area contributed by atoms with Gasteiger partial charge in [0.1, 0.15) is 5.69 Å². The Morgan fingerprint density at radius 1 is 1.21 bits per heavy atom. The minimum Gasteiger partial charge on any atom is -0.465 e. The Bertz CT molecular complexity index is 883. The molecule has 0 fully saturated rings. The molecule has 0 unspecified atom stereocenters. The van der Waals surface area contributed by atoms with E-state index in [1.165, 1.54) is 19.4 Å². The summed E-state index contributed by atoms with van der Waals surface area (Å²) in [7, 11) is 1.31. The smallest absolute Gasteiger partial charge is 0.433 e. The van der Waals surface area contributed by atoms with Gasteiger partial charge in [0, 0.05) is 29.2 Å². The van der Waals surface area contributed by atoms with Crippen molar-refractivity contribution in [2.24, 2.45) is 0 Å². The van der Waals surface area contributed by atoms with Gasteiger partial charge in [-0.3, -0.25) is 4.98 Å². The molecular weight excluding hydrogens is 321 g/mol. The Kier molecular flexibility index (Phi) is 4.01. The first-order valence-electron chi connectivity index (χ1n) is 7.09. The Labute approximate surface area is 135 Å². The van der Waals surface area contributed by atoms with Crippen LogP contribution in [0.2, 0.25) is 0 Å². The van der Waals surface area contributed by atoms with Gasteiger partial charge in [-0.25, -0.2) is 4.79 Å². The molecule has 0 saturated heterocycles. The Morgan fingerprint density at radius 2 is 2.00 bits per heavy atom. The molecule has 0 aliphatic carbocycles. The number of alkyl halides is 3. The molecule has 2 aromatic heterocycles. The standard InChI is InChI=1S/C17H13F3N2O2/c1-24-16(23)11-3-4-14-12(7-11)8-13(22-14)6-10-2-5-15(21-9-10)17(18,19)20/h2-5,7-9,22H,6H2,1H3. The van der Waals surface area contributed by atoms with E-state index < -0.39 is 17.8 Å². The van der Waals surface area contributed by atoms with Crippen LogP contribution in [0, 0.1) is 0 Å². The number of aromatic amines is 1. The zero-order valence-electron chi connectivity index (χ0n) is 12.6. The highest BCUT2D eigenvalue weighted by Crippen LogP contribution is 2.27. The lowest BCUT2D eigenvalue weighted by atomic mass is 10.1. The van der Waals surface area contributed by atoms with Crippen LogP contribution < -0.4 is 0 Å². The van der Waals surface area contributed by atoms with Gasteiger partial charge in [-0.05, 0) is 35.9 Å². The second-order valence-corrected chi connectivity index (χ2v) is 5.31. The highest BCUT2D eigenvalue weighted by atomic mass is 19.4. The van der Waals surface area contributed by atoms with Gasteiger partial charge in [-0.2, -0.15) is 13.2 Å². The van der Waals surface area contributed by atoms with Gasteiger partial charge < -0.3 is 9.72 Å². The van der Waals surface area contributed by atoms with Gasteiger partial charge in [0.25, 0.3) is 0 Å². The minimum absolute atomic E-state index is 0.410. The second-order valence-electron chi connectivity index (χ2n) is 5.31. The highest BCUT2D eigenvalue weighted by Gasteiger charge is 2.31. The molecule has 1 N–H and O–H groups in total. The molecule has 0 aliphatic heterocycles. The number of ether oxygens (including phenoxy) is 1. The van der Waals surface area contributed by atoms with E-state index in [1.54, 1.807) is 18.2 Å². The SMILES string of the molecule is COC(=O)c1ccc2[nH]c(Cc3ccc(C(F)(F)F)nc3)cc2c1. The molecule has 0 amide bonds. The molecule has 7 heteroatoms. The number of hydrogen-bond acceptors (Lipinski definition) is 3. The summed E-state index contributed by atoms with van der Waals surface area (Å²) in [6.07, 6.45) is -2.81. The number of carbonyl (C=O) groups is 1. The fourth-order valence-electron chi connectivity index (χ4n) is 2.45. The van der Waals surface area contributed by atoms with Crippen molar-refractivity contribution >= 4 is 16.9 Å². The van der Waals surface area contributed by atoms with Crippen LogP contribution in [0.3, 0.4) is 0 Å². The van der Waals surface area contributed by atoms with Crippen LogP contribution in [0.1, 0.15) is 27.3 Å². The molecular formula is C17H13F3N2O2. The Morgan fingerprint density at radius 3 is 2.62 bits per heavy atom. The van der Waals surface area contributed by atoms with Gasteiger partial charge >= 0.3 is 12.1 Å². The molecule has 3 rings (SSSR count). The number of rotatable bonds is 3. The van der Waals surface area contributed by atoms with Crippen LogP contribution in [0.5, 0.6) is 0 Å². The number of nitrogens with zero attached hydrogens (tertiary/aromatic N) is 1. The van der Waals surface area contributed by atoms with Crippen molar-refractivity contribution in [3.63, 3.8) is 0 Å². The predicted octanol–water partition coefficient (Wildman–Crippen LogP) is 3.96. The van der Waals surface area contributed by atoms with Crippen molar-refractivity contribution in [3.05, 3.63) is 65.1 Å². The first-order chi connectivity index (χ1) is 11.4. The van der Waals surface area contributed by atoms with Crippen molar-refractivity contribution in [2.75, 3.05) is 7.11 Å². The van der Waals surface area contributed by atoms with Gasteiger partial charge in [0.15, 0.2) is 0 Å². The van der Waals surface area contributed by atoms with E-state index in [1.807, 2.05) is 6.07 Å². The summed E-state index contributed by atoms with van der Waals surface area (Å²) in [4.78, 5) is 18.2. The maximum atomic E-state index is 12.5. The van der Waals surface area contributed by atoms with Crippen LogP contribution in [0.4, 0.5) is 13.2 Å². The molecule has 0 saturated carbocycles. The fraction of sp³-hybridized carbons (Fsp3) is 0.176. The first kappa shape index (κ1) is 16.0. The summed E-state index contributed by atoms with van der Waals surface area (Å²) in [6, 6.07) is 9.32. The third-order valence-electron chi connectivity index (χ3n) is 3.61. The molecule has 2 heterocycles. The van der Waals surface area contributed by atoms with Gasteiger partial charge in [0.05, 0.1) is 12.7 Å². The largest absolute Gasteiger partial charge is 0.465 e. The van der Waals surface area contributed by atoms with E-state index in [0.29, 0.717) is 17.5 Å². The number of aromatic nitrogens is 2. The average molecular weight is 334 g/mol. The van der Waals surface area contributed by atoms with Crippen molar-refractivity contribution in [1.29, 1.82) is 0 Å². The first-order valence-corrected chi connectivity index (χ1v) is 7.09. The number of benzene rings is 1. The topological polar surface area (TPSA) is 55.0 Å². The molecule has 0 atom stereocenters. The number of hydrogen-bond donors (Lipinski definition) is 1. The maximum absolute atomic E-state index is 12.5. The van der Waals surface area contributed by atoms with Crippen LogP contribution in [0.25, 0.3) is 10.9 Å². The average Bonchev–Trinajstić information content (AvgIpc) is 2.95. The monoisotopic (exact) mass is 334 g/mol. The predicted molar refractivity (Wildman–Crippen MR) is 81.7 cm³/mol. The fourth-order valence-corrected chi connectivity index (χ4v) is 2.45. The van der Waals surface area contributed by atoms with E-state index >= 15 is 0 Å². The lowest BCUT2D eigenvalue weighted by Gasteiger charge is -2.05. The van der Waals surface area contributed by atoms with Crippen molar-refractivity contribution < 1.29 is 22.7 Å². The van der Waals surface area contributed by atoms with Gasteiger partial charge in [-0.15, -0.1) is 0 Å². The summed E-state index contributed by atoms with van der Waals surface area (Å²) in [5.41, 5.74) is 1.83. The second kappa shape index (κ2) is 5.99. The van der Waals surface area contributed by atoms with E-state index in [-0.39, 0.29) is 0 Å². The maximum Gasteiger partial charge on any atom is 0.433 e. The highest BCUT2D eigenvalue weighted by molar-refractivity contribution is 5.94. The molecule has 0 bridgehead atoms. The molecule has 3 aromatic rings. The van der Waals surface area contributed by atoms with E-state index in [9.17, 15) is 18.0 Å². The number of H-pyrrole nitrogens is 1. The lowest BCUT2D eigenvalue weighted by Crippen LogP contribution is -2.07. The van der Waals surface area contributed by atoms with Crippen molar-refractivity contribution in [1.82, 2.24) is 9.97 Å². The summed E-state index contributed by atoms with van der Waals surface area (Å²) in [6.45, 7) is 0.